The van der Waals surface area contributed by atoms with Crippen molar-refractivity contribution in [1.82, 2.24) is 5.32 Å². The molecule has 0 aliphatic carbocycles. The third-order valence-electron chi connectivity index (χ3n) is 2.76. The first-order valence-corrected chi connectivity index (χ1v) is 8.02. The van der Waals surface area contributed by atoms with E-state index in [1.54, 1.807) is 0 Å². The van der Waals surface area contributed by atoms with Crippen molar-refractivity contribution in [2.75, 3.05) is 12.9 Å². The Morgan fingerprint density at radius 2 is 1.84 bits per heavy atom. The van der Waals surface area contributed by atoms with Crippen LogP contribution in [0, 0.1) is 0 Å². The van der Waals surface area contributed by atoms with Gasteiger partial charge in [-0.3, -0.25) is 9.59 Å². The lowest BCUT2D eigenvalue weighted by atomic mass is 10.2. The standard InChI is InChI=1S/C12H23NO5S/c1-5-6-9(2)13-11(14)8-19(16,17)10(3)7-12(15)18-4/h9-10H,5-8H2,1-4H3,(H,13,14). The summed E-state index contributed by atoms with van der Waals surface area (Å²) >= 11 is 0. The number of esters is 1. The lowest BCUT2D eigenvalue weighted by Crippen LogP contribution is -2.39. The fourth-order valence-electron chi connectivity index (χ4n) is 1.59. The summed E-state index contributed by atoms with van der Waals surface area (Å²) in [7, 11) is -2.44. The number of hydrogen-bond acceptors (Lipinski definition) is 5. The minimum Gasteiger partial charge on any atom is -0.469 e. The Bertz CT molecular complexity index is 404. The van der Waals surface area contributed by atoms with Gasteiger partial charge in [0.15, 0.2) is 9.84 Å². The molecule has 7 heteroatoms. The van der Waals surface area contributed by atoms with E-state index in [0.29, 0.717) is 0 Å². The van der Waals surface area contributed by atoms with Gasteiger partial charge in [-0.25, -0.2) is 8.42 Å². The van der Waals surface area contributed by atoms with E-state index in [2.05, 4.69) is 10.1 Å². The Morgan fingerprint density at radius 1 is 1.26 bits per heavy atom. The van der Waals surface area contributed by atoms with E-state index in [9.17, 15) is 18.0 Å². The summed E-state index contributed by atoms with van der Waals surface area (Å²) < 4.78 is 28.1. The largest absolute Gasteiger partial charge is 0.469 e. The maximum Gasteiger partial charge on any atom is 0.306 e. The molecule has 0 bridgehead atoms. The molecule has 2 atom stereocenters. The van der Waals surface area contributed by atoms with Gasteiger partial charge < -0.3 is 10.1 Å². The van der Waals surface area contributed by atoms with Gasteiger partial charge in [-0.1, -0.05) is 13.3 Å². The number of carbonyl (C=O) groups excluding carboxylic acids is 2. The van der Waals surface area contributed by atoms with Crippen molar-refractivity contribution in [3.63, 3.8) is 0 Å². The molecule has 0 aromatic heterocycles. The quantitative estimate of drug-likeness (QED) is 0.664. The SMILES string of the molecule is CCCC(C)NC(=O)CS(=O)(=O)C(C)CC(=O)OC. The predicted molar refractivity (Wildman–Crippen MR) is 72.4 cm³/mol. The number of carbonyl (C=O) groups is 2. The summed E-state index contributed by atoms with van der Waals surface area (Å²) in [5.74, 6) is -1.73. The summed E-state index contributed by atoms with van der Waals surface area (Å²) in [4.78, 5) is 22.6. The topological polar surface area (TPSA) is 89.5 Å². The van der Waals surface area contributed by atoms with E-state index < -0.39 is 32.7 Å². The first kappa shape index (κ1) is 17.9. The molecule has 0 radical (unpaired) electrons. The van der Waals surface area contributed by atoms with Gasteiger partial charge in [-0.15, -0.1) is 0 Å². The number of amides is 1. The van der Waals surface area contributed by atoms with E-state index in [-0.39, 0.29) is 12.5 Å². The van der Waals surface area contributed by atoms with Gasteiger partial charge in [-0.05, 0) is 20.3 Å². The average molecular weight is 293 g/mol. The van der Waals surface area contributed by atoms with Crippen LogP contribution in [0.2, 0.25) is 0 Å². The van der Waals surface area contributed by atoms with Gasteiger partial charge >= 0.3 is 5.97 Å². The molecule has 112 valence electrons. The van der Waals surface area contributed by atoms with E-state index in [0.717, 1.165) is 12.8 Å². The van der Waals surface area contributed by atoms with Crippen molar-refractivity contribution in [2.24, 2.45) is 0 Å². The van der Waals surface area contributed by atoms with Crippen molar-refractivity contribution in [1.29, 1.82) is 0 Å². The van der Waals surface area contributed by atoms with Crippen LogP contribution in [0.4, 0.5) is 0 Å². The van der Waals surface area contributed by atoms with Crippen LogP contribution >= 0.6 is 0 Å². The van der Waals surface area contributed by atoms with Crippen molar-refractivity contribution in [3.8, 4) is 0 Å². The fraction of sp³-hybridized carbons (Fsp3) is 0.833. The summed E-state index contributed by atoms with van der Waals surface area (Å²) in [5, 5.41) is 1.70. The number of hydrogen-bond donors (Lipinski definition) is 1. The van der Waals surface area contributed by atoms with Crippen LogP contribution in [-0.2, 0) is 24.2 Å². The summed E-state index contributed by atoms with van der Waals surface area (Å²) in [6.45, 7) is 5.21. The van der Waals surface area contributed by atoms with Crippen molar-refractivity contribution < 1.29 is 22.7 Å². The molecule has 1 amide bonds. The molecule has 0 aromatic carbocycles. The van der Waals surface area contributed by atoms with Gasteiger partial charge in [0.25, 0.3) is 0 Å². The van der Waals surface area contributed by atoms with Crippen LogP contribution in [0.15, 0.2) is 0 Å². The maximum absolute atomic E-state index is 11.9. The molecule has 0 aliphatic rings. The molecule has 1 N–H and O–H groups in total. The summed E-state index contributed by atoms with van der Waals surface area (Å²) in [6, 6.07) is -0.0522. The molecule has 0 heterocycles. The summed E-state index contributed by atoms with van der Waals surface area (Å²) in [6.07, 6.45) is 1.47. The van der Waals surface area contributed by atoms with E-state index in [4.69, 9.17) is 0 Å². The molecule has 0 rings (SSSR count). The van der Waals surface area contributed by atoms with E-state index in [1.807, 2.05) is 13.8 Å². The Kier molecular flexibility index (Phi) is 7.66. The highest BCUT2D eigenvalue weighted by molar-refractivity contribution is 7.92. The Balaban J connectivity index is 4.43. The normalized spacial score (nSPS) is 14.5. The first-order chi connectivity index (χ1) is 8.72. The molecule has 0 aliphatic heterocycles. The second-order valence-corrected chi connectivity index (χ2v) is 7.07. The minimum absolute atomic E-state index is 0.0522. The zero-order valence-electron chi connectivity index (χ0n) is 11.9. The molecule has 0 fully saturated rings. The molecule has 0 spiro atoms. The second-order valence-electron chi connectivity index (χ2n) is 4.66. The van der Waals surface area contributed by atoms with Crippen LogP contribution in [0.1, 0.15) is 40.0 Å². The lowest BCUT2D eigenvalue weighted by Gasteiger charge is -2.15. The average Bonchev–Trinajstić information content (AvgIpc) is 2.27. The molecule has 0 saturated carbocycles. The highest BCUT2D eigenvalue weighted by atomic mass is 32.2. The smallest absolute Gasteiger partial charge is 0.306 e. The Morgan fingerprint density at radius 3 is 2.32 bits per heavy atom. The third kappa shape index (κ3) is 7.15. The minimum atomic E-state index is -3.64. The van der Waals surface area contributed by atoms with Crippen molar-refractivity contribution >= 4 is 21.7 Å². The summed E-state index contributed by atoms with van der Waals surface area (Å²) in [5.41, 5.74) is 0. The Hall–Kier alpha value is -1.11. The van der Waals surface area contributed by atoms with Crippen LogP contribution in [0.3, 0.4) is 0 Å². The number of methoxy groups -OCH3 is 1. The highest BCUT2D eigenvalue weighted by Gasteiger charge is 2.27. The molecule has 6 nitrogen and oxygen atoms in total. The van der Waals surface area contributed by atoms with Crippen LogP contribution in [-0.4, -0.2) is 44.4 Å². The molecule has 19 heavy (non-hydrogen) atoms. The Labute approximate surface area is 114 Å². The second kappa shape index (κ2) is 8.14. The van der Waals surface area contributed by atoms with Gasteiger partial charge in [0, 0.05) is 6.04 Å². The number of ether oxygens (including phenoxy) is 1. The van der Waals surface area contributed by atoms with Gasteiger partial charge in [0.1, 0.15) is 5.75 Å². The first-order valence-electron chi connectivity index (χ1n) is 6.30. The third-order valence-corrected chi connectivity index (χ3v) is 4.81. The number of rotatable bonds is 8. The lowest BCUT2D eigenvalue weighted by molar-refractivity contribution is -0.140. The van der Waals surface area contributed by atoms with Crippen molar-refractivity contribution in [2.45, 2.75) is 51.3 Å². The van der Waals surface area contributed by atoms with Gasteiger partial charge in [-0.2, -0.15) is 0 Å². The van der Waals surface area contributed by atoms with Gasteiger partial charge in [0.05, 0.1) is 18.8 Å². The number of sulfone groups is 1. The van der Waals surface area contributed by atoms with E-state index >= 15 is 0 Å². The maximum atomic E-state index is 11.9. The number of nitrogens with one attached hydrogen (secondary N) is 1. The monoisotopic (exact) mass is 293 g/mol. The molecular formula is C12H23NO5S. The molecule has 0 aromatic rings. The highest BCUT2D eigenvalue weighted by Crippen LogP contribution is 2.08. The van der Waals surface area contributed by atoms with Crippen LogP contribution in [0.25, 0.3) is 0 Å². The molecule has 0 saturated heterocycles. The van der Waals surface area contributed by atoms with Gasteiger partial charge in [0.2, 0.25) is 5.91 Å². The fourth-order valence-corrected chi connectivity index (χ4v) is 2.71. The zero-order valence-corrected chi connectivity index (χ0v) is 12.7. The van der Waals surface area contributed by atoms with Crippen LogP contribution < -0.4 is 5.32 Å². The predicted octanol–water partition coefficient (Wildman–Crippen LogP) is 0.658. The van der Waals surface area contributed by atoms with Crippen LogP contribution in [0.5, 0.6) is 0 Å². The van der Waals surface area contributed by atoms with E-state index in [1.165, 1.54) is 14.0 Å². The zero-order chi connectivity index (χ0) is 15.1. The molecular weight excluding hydrogens is 270 g/mol. The molecule has 2 unspecified atom stereocenters. The van der Waals surface area contributed by atoms with Crippen molar-refractivity contribution in [3.05, 3.63) is 0 Å².